The highest BCUT2D eigenvalue weighted by atomic mass is 79.9. The van der Waals surface area contributed by atoms with Crippen molar-refractivity contribution in [3.63, 3.8) is 0 Å². The van der Waals surface area contributed by atoms with Crippen LogP contribution in [0.1, 0.15) is 46.3 Å². The molecule has 0 aliphatic rings. The second kappa shape index (κ2) is 8.93. The Balaban J connectivity index is 2.06. The normalized spacial score (nSPS) is 11.7. The first-order valence-corrected chi connectivity index (χ1v) is 9.83. The number of nitrogens with zero attached hydrogens (tertiary/aromatic N) is 1. The Labute approximate surface area is 172 Å². The third-order valence-electron chi connectivity index (χ3n) is 4.43. The molecule has 28 heavy (non-hydrogen) atoms. The predicted octanol–water partition coefficient (Wildman–Crippen LogP) is 5.67. The zero-order valence-corrected chi connectivity index (χ0v) is 17.3. The summed E-state index contributed by atoms with van der Waals surface area (Å²) in [5.74, 6) is -1.07. The lowest BCUT2D eigenvalue weighted by atomic mass is 9.90. The van der Waals surface area contributed by atoms with E-state index in [4.69, 9.17) is 4.74 Å². The van der Waals surface area contributed by atoms with Gasteiger partial charge in [-0.15, -0.1) is 0 Å². The number of benzene rings is 2. The van der Waals surface area contributed by atoms with Gasteiger partial charge in [-0.05, 0) is 37.6 Å². The number of halogens is 1. The van der Waals surface area contributed by atoms with Crippen LogP contribution in [0.4, 0.5) is 0 Å². The molecule has 0 amide bonds. The lowest BCUT2D eigenvalue weighted by Gasteiger charge is -2.16. The summed E-state index contributed by atoms with van der Waals surface area (Å²) in [6.07, 6.45) is 0. The molecule has 0 fully saturated rings. The van der Waals surface area contributed by atoms with Gasteiger partial charge < -0.3 is 4.74 Å². The van der Waals surface area contributed by atoms with Crippen molar-refractivity contribution in [1.82, 2.24) is 4.98 Å². The highest BCUT2D eigenvalue weighted by Gasteiger charge is 2.24. The molecule has 0 saturated carbocycles. The number of ether oxygens (including phenoxy) is 1. The second-order valence-corrected chi connectivity index (χ2v) is 7.22. The molecule has 0 bridgehead atoms. The van der Waals surface area contributed by atoms with Gasteiger partial charge in [-0.2, -0.15) is 0 Å². The van der Waals surface area contributed by atoms with Crippen molar-refractivity contribution in [3.8, 4) is 11.1 Å². The molecule has 0 spiro atoms. The predicted molar refractivity (Wildman–Crippen MR) is 113 cm³/mol. The Kier molecular flexibility index (Phi) is 6.37. The van der Waals surface area contributed by atoms with Crippen molar-refractivity contribution in [2.45, 2.75) is 19.8 Å². The molecule has 0 radical (unpaired) electrons. The van der Waals surface area contributed by atoms with E-state index < -0.39 is 11.9 Å². The van der Waals surface area contributed by atoms with Gasteiger partial charge in [0, 0.05) is 15.6 Å². The molecular formula is C23H20BrNO3. The molecule has 142 valence electrons. The summed E-state index contributed by atoms with van der Waals surface area (Å²) in [5, 5.41) is 0. The molecule has 0 aliphatic heterocycles. The minimum Gasteiger partial charge on any atom is -0.461 e. The van der Waals surface area contributed by atoms with Gasteiger partial charge in [0.25, 0.3) is 0 Å². The zero-order chi connectivity index (χ0) is 20.1. The number of carbonyl (C=O) groups is 2. The van der Waals surface area contributed by atoms with Crippen LogP contribution in [0, 0.1) is 0 Å². The first-order chi connectivity index (χ1) is 13.5. The Morgan fingerprint density at radius 1 is 1.00 bits per heavy atom. The number of ketones is 1. The van der Waals surface area contributed by atoms with E-state index in [1.165, 1.54) is 0 Å². The highest BCUT2D eigenvalue weighted by molar-refractivity contribution is 9.10. The fourth-order valence-electron chi connectivity index (χ4n) is 2.97. The minimum absolute atomic E-state index is 0.0572. The van der Waals surface area contributed by atoms with Gasteiger partial charge in [0.05, 0.1) is 18.2 Å². The summed E-state index contributed by atoms with van der Waals surface area (Å²) in [7, 11) is 0. The van der Waals surface area contributed by atoms with E-state index in [9.17, 15) is 9.59 Å². The van der Waals surface area contributed by atoms with Crippen molar-refractivity contribution in [3.05, 3.63) is 88.2 Å². The Hall–Kier alpha value is -2.79. The van der Waals surface area contributed by atoms with Crippen molar-refractivity contribution in [1.29, 1.82) is 0 Å². The molecule has 2 aromatic carbocycles. The van der Waals surface area contributed by atoms with Gasteiger partial charge in [0.1, 0.15) is 5.69 Å². The summed E-state index contributed by atoms with van der Waals surface area (Å²) in [6, 6.07) is 20.4. The summed E-state index contributed by atoms with van der Waals surface area (Å²) >= 11 is 3.38. The van der Waals surface area contributed by atoms with Gasteiger partial charge in [-0.25, -0.2) is 9.78 Å². The monoisotopic (exact) mass is 437 g/mol. The minimum atomic E-state index is -0.522. The second-order valence-electron chi connectivity index (χ2n) is 6.31. The van der Waals surface area contributed by atoms with Crippen LogP contribution in [0.25, 0.3) is 11.1 Å². The standard InChI is InChI=1S/C23H20BrNO3/c1-3-28-23(27)20-14-13-19(16-7-5-4-6-8-16)21(25-20)15(2)22(26)17-9-11-18(24)12-10-17/h4-15H,3H2,1-2H3. The number of hydrogen-bond acceptors (Lipinski definition) is 4. The van der Waals surface area contributed by atoms with Crippen LogP contribution in [-0.2, 0) is 4.74 Å². The maximum absolute atomic E-state index is 13.1. The number of hydrogen-bond donors (Lipinski definition) is 0. The van der Waals surface area contributed by atoms with Crippen LogP contribution in [-0.4, -0.2) is 23.3 Å². The van der Waals surface area contributed by atoms with Crippen molar-refractivity contribution in [2.75, 3.05) is 6.61 Å². The molecule has 1 aromatic heterocycles. The Morgan fingerprint density at radius 3 is 2.32 bits per heavy atom. The number of aromatic nitrogens is 1. The number of esters is 1. The average molecular weight is 438 g/mol. The van der Waals surface area contributed by atoms with Crippen LogP contribution < -0.4 is 0 Å². The Morgan fingerprint density at radius 2 is 1.68 bits per heavy atom. The van der Waals surface area contributed by atoms with Gasteiger partial charge in [0.15, 0.2) is 5.78 Å². The number of rotatable bonds is 6. The van der Waals surface area contributed by atoms with E-state index in [1.807, 2.05) is 55.5 Å². The SMILES string of the molecule is CCOC(=O)c1ccc(-c2ccccc2)c(C(C)C(=O)c2ccc(Br)cc2)n1. The summed E-state index contributed by atoms with van der Waals surface area (Å²) in [6.45, 7) is 3.83. The topological polar surface area (TPSA) is 56.3 Å². The molecule has 3 rings (SSSR count). The fourth-order valence-corrected chi connectivity index (χ4v) is 3.24. The molecule has 1 unspecified atom stereocenters. The van der Waals surface area contributed by atoms with Crippen LogP contribution in [0.2, 0.25) is 0 Å². The van der Waals surface area contributed by atoms with Crippen molar-refractivity contribution < 1.29 is 14.3 Å². The third-order valence-corrected chi connectivity index (χ3v) is 4.95. The molecule has 1 heterocycles. The molecular weight excluding hydrogens is 418 g/mol. The van der Waals surface area contributed by atoms with Crippen molar-refractivity contribution >= 4 is 27.7 Å². The lowest BCUT2D eigenvalue weighted by molar-refractivity contribution is 0.0518. The van der Waals surface area contributed by atoms with Crippen LogP contribution in [0.15, 0.2) is 71.2 Å². The first kappa shape index (κ1) is 20.0. The van der Waals surface area contributed by atoms with E-state index in [1.54, 1.807) is 25.1 Å². The lowest BCUT2D eigenvalue weighted by Crippen LogP contribution is -2.15. The number of pyridine rings is 1. The maximum atomic E-state index is 13.1. The van der Waals surface area contributed by atoms with E-state index in [2.05, 4.69) is 20.9 Å². The van der Waals surface area contributed by atoms with E-state index >= 15 is 0 Å². The fraction of sp³-hybridized carbons (Fsp3) is 0.174. The molecule has 0 N–H and O–H groups in total. The third kappa shape index (κ3) is 4.37. The zero-order valence-electron chi connectivity index (χ0n) is 15.7. The van der Waals surface area contributed by atoms with Gasteiger partial charge in [-0.1, -0.05) is 64.5 Å². The van der Waals surface area contributed by atoms with E-state index in [0.717, 1.165) is 15.6 Å². The molecule has 0 aliphatic carbocycles. The molecule has 0 saturated heterocycles. The molecule has 1 atom stereocenters. The quantitative estimate of drug-likeness (QED) is 0.367. The maximum Gasteiger partial charge on any atom is 0.356 e. The molecule has 5 heteroatoms. The number of carbonyl (C=O) groups excluding carboxylic acids is 2. The van der Waals surface area contributed by atoms with Crippen LogP contribution in [0.5, 0.6) is 0 Å². The van der Waals surface area contributed by atoms with E-state index in [0.29, 0.717) is 11.3 Å². The van der Waals surface area contributed by atoms with Gasteiger partial charge >= 0.3 is 5.97 Å². The van der Waals surface area contributed by atoms with Crippen LogP contribution in [0.3, 0.4) is 0 Å². The number of Topliss-reactive ketones (excluding diaryl/α,β-unsaturated/α-hetero) is 1. The molecule has 4 nitrogen and oxygen atoms in total. The first-order valence-electron chi connectivity index (χ1n) is 9.04. The average Bonchev–Trinajstić information content (AvgIpc) is 2.73. The van der Waals surface area contributed by atoms with Crippen LogP contribution >= 0.6 is 15.9 Å². The molecule has 3 aromatic rings. The van der Waals surface area contributed by atoms with Gasteiger partial charge in [0.2, 0.25) is 0 Å². The van der Waals surface area contributed by atoms with Crippen molar-refractivity contribution in [2.24, 2.45) is 0 Å². The highest BCUT2D eigenvalue weighted by Crippen LogP contribution is 2.30. The summed E-state index contributed by atoms with van der Waals surface area (Å²) in [4.78, 5) is 29.8. The summed E-state index contributed by atoms with van der Waals surface area (Å²) < 4.78 is 5.98. The Bertz CT molecular complexity index is 984. The largest absolute Gasteiger partial charge is 0.461 e. The summed E-state index contributed by atoms with van der Waals surface area (Å²) in [5.41, 5.74) is 3.12. The van der Waals surface area contributed by atoms with Gasteiger partial charge in [-0.3, -0.25) is 4.79 Å². The smallest absolute Gasteiger partial charge is 0.356 e. The van der Waals surface area contributed by atoms with E-state index in [-0.39, 0.29) is 18.1 Å².